The molecule has 1 unspecified atom stereocenters. The summed E-state index contributed by atoms with van der Waals surface area (Å²) in [5, 5.41) is 1.76. The van der Waals surface area contributed by atoms with Crippen molar-refractivity contribution in [2.75, 3.05) is 7.11 Å². The Morgan fingerprint density at radius 2 is 1.62 bits per heavy atom. The van der Waals surface area contributed by atoms with Crippen LogP contribution in [0.2, 0.25) is 5.02 Å². The largest absolute Gasteiger partial charge is 0.497 e. The Hall–Kier alpha value is -3.04. The first-order valence-electron chi connectivity index (χ1n) is 9.52. The normalized spacial score (nSPS) is 12.0. The number of para-hydroxylation sites is 1. The number of benzene rings is 3. The van der Waals surface area contributed by atoms with E-state index in [0.29, 0.717) is 5.02 Å². The van der Waals surface area contributed by atoms with Crippen molar-refractivity contribution in [1.29, 1.82) is 0 Å². The van der Waals surface area contributed by atoms with E-state index in [-0.39, 0.29) is 6.10 Å². The molecule has 0 aliphatic rings. The summed E-state index contributed by atoms with van der Waals surface area (Å²) in [6.07, 6.45) is -0.216. The Morgan fingerprint density at radius 1 is 0.897 bits per heavy atom. The van der Waals surface area contributed by atoms with Crippen molar-refractivity contribution in [3.8, 4) is 22.8 Å². The summed E-state index contributed by atoms with van der Waals surface area (Å²) >= 11 is 6.53. The summed E-state index contributed by atoms with van der Waals surface area (Å²) in [5.41, 5.74) is 4.85. The van der Waals surface area contributed by atoms with Gasteiger partial charge in [-0.1, -0.05) is 48.0 Å². The van der Waals surface area contributed by atoms with Gasteiger partial charge in [0.1, 0.15) is 17.6 Å². The Balaban J connectivity index is 1.82. The maximum absolute atomic E-state index is 6.53. The number of ether oxygens (including phenoxy) is 2. The predicted molar refractivity (Wildman–Crippen MR) is 119 cm³/mol. The van der Waals surface area contributed by atoms with Gasteiger partial charge in [0.25, 0.3) is 0 Å². The molecule has 4 heteroatoms. The van der Waals surface area contributed by atoms with Gasteiger partial charge in [-0.2, -0.15) is 0 Å². The van der Waals surface area contributed by atoms with Gasteiger partial charge in [0, 0.05) is 21.5 Å². The van der Waals surface area contributed by atoms with Crippen LogP contribution < -0.4 is 9.47 Å². The van der Waals surface area contributed by atoms with E-state index in [4.69, 9.17) is 26.1 Å². The van der Waals surface area contributed by atoms with E-state index in [1.165, 1.54) is 0 Å². The monoisotopic (exact) mass is 403 g/mol. The summed E-state index contributed by atoms with van der Waals surface area (Å²) in [4.78, 5) is 5.01. The van der Waals surface area contributed by atoms with E-state index in [1.54, 1.807) is 7.11 Å². The molecule has 1 atom stereocenters. The lowest BCUT2D eigenvalue weighted by Gasteiger charge is -2.20. The maximum Gasteiger partial charge on any atom is 0.123 e. The molecular formula is C25H22ClNO2. The minimum Gasteiger partial charge on any atom is -0.497 e. The quantitative estimate of drug-likeness (QED) is 0.359. The molecule has 0 bridgehead atoms. The van der Waals surface area contributed by atoms with Crippen molar-refractivity contribution in [2.45, 2.75) is 20.0 Å². The number of fused-ring (bicyclic) bond motifs is 1. The van der Waals surface area contributed by atoms with Crippen LogP contribution in [-0.4, -0.2) is 12.1 Å². The van der Waals surface area contributed by atoms with Crippen molar-refractivity contribution >= 4 is 22.5 Å². The van der Waals surface area contributed by atoms with Gasteiger partial charge in [0.2, 0.25) is 0 Å². The Kier molecular flexibility index (Phi) is 5.41. The molecule has 0 saturated heterocycles. The number of nitrogens with zero attached hydrogens (tertiary/aromatic N) is 1. The summed E-state index contributed by atoms with van der Waals surface area (Å²) in [5.74, 6) is 1.57. The van der Waals surface area contributed by atoms with E-state index in [9.17, 15) is 0 Å². The molecule has 1 aromatic heterocycles. The molecule has 1 heterocycles. The second kappa shape index (κ2) is 8.14. The van der Waals surface area contributed by atoms with E-state index in [2.05, 4.69) is 25.1 Å². The van der Waals surface area contributed by atoms with Gasteiger partial charge in [0.15, 0.2) is 0 Å². The molecule has 0 aliphatic carbocycles. The SMILES string of the molecule is COc1ccc(OC(C)c2cc3cccc(C)c3nc2-c2ccccc2Cl)cc1. The van der Waals surface area contributed by atoms with Crippen LogP contribution in [0.25, 0.3) is 22.2 Å². The van der Waals surface area contributed by atoms with Crippen LogP contribution in [0.3, 0.4) is 0 Å². The zero-order valence-electron chi connectivity index (χ0n) is 16.6. The second-order valence-corrected chi connectivity index (χ2v) is 7.40. The average Bonchev–Trinajstić information content (AvgIpc) is 2.74. The van der Waals surface area contributed by atoms with Crippen LogP contribution in [0.4, 0.5) is 0 Å². The number of hydrogen-bond donors (Lipinski definition) is 0. The minimum absolute atomic E-state index is 0.216. The van der Waals surface area contributed by atoms with Crippen molar-refractivity contribution in [3.63, 3.8) is 0 Å². The smallest absolute Gasteiger partial charge is 0.123 e. The zero-order chi connectivity index (χ0) is 20.4. The van der Waals surface area contributed by atoms with Gasteiger partial charge in [-0.25, -0.2) is 4.98 Å². The molecule has 4 aromatic rings. The fraction of sp³-hybridized carbons (Fsp3) is 0.160. The Bertz CT molecular complexity index is 1160. The number of pyridine rings is 1. The first-order chi connectivity index (χ1) is 14.1. The lowest BCUT2D eigenvalue weighted by molar-refractivity contribution is 0.227. The molecule has 0 amide bonds. The van der Waals surface area contributed by atoms with Gasteiger partial charge >= 0.3 is 0 Å². The summed E-state index contributed by atoms with van der Waals surface area (Å²) < 4.78 is 11.5. The molecule has 0 saturated carbocycles. The summed E-state index contributed by atoms with van der Waals surface area (Å²) in [6.45, 7) is 4.10. The minimum atomic E-state index is -0.216. The topological polar surface area (TPSA) is 31.4 Å². The fourth-order valence-electron chi connectivity index (χ4n) is 3.46. The first-order valence-corrected chi connectivity index (χ1v) is 9.90. The van der Waals surface area contributed by atoms with Crippen molar-refractivity contribution in [1.82, 2.24) is 4.98 Å². The molecule has 0 aliphatic heterocycles. The molecule has 146 valence electrons. The molecule has 0 N–H and O–H groups in total. The van der Waals surface area contributed by atoms with Crippen LogP contribution in [-0.2, 0) is 0 Å². The number of aryl methyl sites for hydroxylation is 1. The molecule has 4 rings (SSSR count). The number of aromatic nitrogens is 1. The van der Waals surface area contributed by atoms with E-state index in [1.807, 2.05) is 61.5 Å². The first kappa shape index (κ1) is 19.3. The number of hydrogen-bond acceptors (Lipinski definition) is 3. The van der Waals surface area contributed by atoms with E-state index >= 15 is 0 Å². The van der Waals surface area contributed by atoms with E-state index < -0.39 is 0 Å². The predicted octanol–water partition coefficient (Wildman–Crippen LogP) is 7.01. The molecular weight excluding hydrogens is 382 g/mol. The highest BCUT2D eigenvalue weighted by molar-refractivity contribution is 6.33. The molecule has 3 nitrogen and oxygen atoms in total. The van der Waals surface area contributed by atoms with Gasteiger partial charge in [-0.3, -0.25) is 0 Å². The van der Waals surface area contributed by atoms with Crippen LogP contribution in [0.15, 0.2) is 72.8 Å². The van der Waals surface area contributed by atoms with Gasteiger partial charge in [-0.05, 0) is 55.8 Å². The number of rotatable bonds is 5. The summed E-state index contributed by atoms with van der Waals surface area (Å²) in [7, 11) is 1.65. The lowest BCUT2D eigenvalue weighted by atomic mass is 9.98. The third-order valence-corrected chi connectivity index (χ3v) is 5.35. The van der Waals surface area contributed by atoms with Gasteiger partial charge in [0.05, 0.1) is 18.3 Å². The summed E-state index contributed by atoms with van der Waals surface area (Å²) in [6, 6.07) is 23.7. The average molecular weight is 404 g/mol. The Morgan fingerprint density at radius 3 is 2.34 bits per heavy atom. The van der Waals surface area contributed by atoms with Crippen molar-refractivity contribution in [2.24, 2.45) is 0 Å². The van der Waals surface area contributed by atoms with Gasteiger partial charge in [-0.15, -0.1) is 0 Å². The Labute approximate surface area is 175 Å². The second-order valence-electron chi connectivity index (χ2n) is 6.99. The molecule has 0 fully saturated rings. The van der Waals surface area contributed by atoms with Gasteiger partial charge < -0.3 is 9.47 Å². The maximum atomic E-state index is 6.53. The lowest BCUT2D eigenvalue weighted by Crippen LogP contribution is -2.07. The highest BCUT2D eigenvalue weighted by Crippen LogP contribution is 2.36. The fourth-order valence-corrected chi connectivity index (χ4v) is 3.69. The van der Waals surface area contributed by atoms with Crippen LogP contribution in [0.5, 0.6) is 11.5 Å². The van der Waals surface area contributed by atoms with E-state index in [0.717, 1.165) is 44.8 Å². The molecule has 0 spiro atoms. The van der Waals surface area contributed by atoms with Crippen molar-refractivity contribution < 1.29 is 9.47 Å². The highest BCUT2D eigenvalue weighted by Gasteiger charge is 2.19. The molecule has 0 radical (unpaired) electrons. The third-order valence-electron chi connectivity index (χ3n) is 5.02. The zero-order valence-corrected chi connectivity index (χ0v) is 17.4. The standard InChI is InChI=1S/C25H22ClNO2/c1-16-7-6-8-18-15-22(17(2)29-20-13-11-19(28-3)12-14-20)25(27-24(16)18)21-9-4-5-10-23(21)26/h4-15,17H,1-3H3. The molecule has 3 aromatic carbocycles. The number of halogens is 1. The highest BCUT2D eigenvalue weighted by atomic mass is 35.5. The van der Waals surface area contributed by atoms with Crippen LogP contribution in [0, 0.1) is 6.92 Å². The van der Waals surface area contributed by atoms with Crippen LogP contribution in [0.1, 0.15) is 24.2 Å². The van der Waals surface area contributed by atoms with Crippen molar-refractivity contribution in [3.05, 3.63) is 88.9 Å². The van der Waals surface area contributed by atoms with Crippen LogP contribution >= 0.6 is 11.6 Å². The third kappa shape index (κ3) is 3.92. The molecule has 29 heavy (non-hydrogen) atoms. The number of methoxy groups -OCH3 is 1.